The summed E-state index contributed by atoms with van der Waals surface area (Å²) in [6.45, 7) is 0. The van der Waals surface area contributed by atoms with Crippen molar-refractivity contribution in [2.75, 3.05) is 7.11 Å². The Morgan fingerprint density at radius 2 is 2.11 bits per heavy atom. The lowest BCUT2D eigenvalue weighted by Gasteiger charge is -2.09. The summed E-state index contributed by atoms with van der Waals surface area (Å²) in [7, 11) is 1.53. The molecule has 0 bridgehead atoms. The van der Waals surface area contributed by atoms with Gasteiger partial charge in [-0.15, -0.1) is 11.3 Å². The van der Waals surface area contributed by atoms with E-state index in [2.05, 4.69) is 4.98 Å². The fourth-order valence-electron chi connectivity index (χ4n) is 1.80. The number of nitrogens with zero attached hydrogens (tertiary/aromatic N) is 1. The molecular weight excluding hydrogens is 270 g/mol. The number of halogens is 1. The SMILES string of the molecule is COc1cc(=O)cc2sc3ccc(Cl)cc3nc1-2. The summed E-state index contributed by atoms with van der Waals surface area (Å²) in [5.74, 6) is 0.496. The van der Waals surface area contributed by atoms with Crippen molar-refractivity contribution in [2.45, 2.75) is 0 Å². The molecule has 0 fully saturated rings. The van der Waals surface area contributed by atoms with Crippen LogP contribution in [0.3, 0.4) is 0 Å². The highest BCUT2D eigenvalue weighted by molar-refractivity contribution is 7.21. The summed E-state index contributed by atoms with van der Waals surface area (Å²) in [4.78, 5) is 16.9. The topological polar surface area (TPSA) is 39.2 Å². The maximum Gasteiger partial charge on any atom is 0.183 e. The molecule has 0 radical (unpaired) electrons. The highest BCUT2D eigenvalue weighted by Crippen LogP contribution is 2.35. The number of rotatable bonds is 1. The Balaban J connectivity index is 2.45. The largest absolute Gasteiger partial charge is 0.494 e. The van der Waals surface area contributed by atoms with Gasteiger partial charge in [-0.3, -0.25) is 4.79 Å². The number of hydrogen-bond donors (Lipinski definition) is 0. The summed E-state index contributed by atoms with van der Waals surface area (Å²) < 4.78 is 6.18. The minimum atomic E-state index is -0.0780. The van der Waals surface area contributed by atoms with Crippen molar-refractivity contribution in [2.24, 2.45) is 0 Å². The number of ether oxygens (including phenoxy) is 1. The predicted molar refractivity (Wildman–Crippen MR) is 74.1 cm³/mol. The number of fused-ring (bicyclic) bond motifs is 2. The zero-order valence-electron chi connectivity index (χ0n) is 9.44. The van der Waals surface area contributed by atoms with E-state index in [0.717, 1.165) is 15.1 Å². The van der Waals surface area contributed by atoms with E-state index in [1.54, 1.807) is 12.1 Å². The molecule has 3 rings (SSSR count). The van der Waals surface area contributed by atoms with Crippen molar-refractivity contribution >= 4 is 33.2 Å². The van der Waals surface area contributed by atoms with Gasteiger partial charge in [0.1, 0.15) is 11.4 Å². The fraction of sp³-hybridized carbons (Fsp3) is 0.0769. The zero-order valence-corrected chi connectivity index (χ0v) is 11.0. The minimum Gasteiger partial charge on any atom is -0.494 e. The molecule has 0 N–H and O–H groups in total. The molecule has 90 valence electrons. The molecule has 18 heavy (non-hydrogen) atoms. The monoisotopic (exact) mass is 277 g/mol. The maximum absolute atomic E-state index is 11.5. The third kappa shape index (κ3) is 1.83. The maximum atomic E-state index is 11.5. The van der Waals surface area contributed by atoms with Gasteiger partial charge in [-0.1, -0.05) is 11.6 Å². The molecule has 2 aliphatic rings. The molecule has 3 nitrogen and oxygen atoms in total. The van der Waals surface area contributed by atoms with Crippen molar-refractivity contribution in [1.82, 2.24) is 4.98 Å². The van der Waals surface area contributed by atoms with Gasteiger partial charge in [-0.05, 0) is 18.2 Å². The third-order valence-electron chi connectivity index (χ3n) is 2.61. The molecule has 1 aliphatic carbocycles. The van der Waals surface area contributed by atoms with E-state index in [0.29, 0.717) is 16.5 Å². The minimum absolute atomic E-state index is 0.0780. The van der Waals surface area contributed by atoms with Crippen LogP contribution in [0.2, 0.25) is 5.02 Å². The number of benzene rings is 2. The van der Waals surface area contributed by atoms with Crippen LogP contribution in [-0.2, 0) is 0 Å². The van der Waals surface area contributed by atoms with Crippen LogP contribution in [0.1, 0.15) is 0 Å². The van der Waals surface area contributed by atoms with Gasteiger partial charge in [-0.25, -0.2) is 4.98 Å². The van der Waals surface area contributed by atoms with Crippen molar-refractivity contribution in [1.29, 1.82) is 0 Å². The van der Waals surface area contributed by atoms with Gasteiger partial charge in [0.15, 0.2) is 5.43 Å². The quantitative estimate of drug-likeness (QED) is 0.640. The molecule has 1 aromatic carbocycles. The summed E-state index contributed by atoms with van der Waals surface area (Å²) in [6, 6.07) is 8.53. The lowest BCUT2D eigenvalue weighted by atomic mass is 10.2. The molecule has 1 heterocycles. The van der Waals surface area contributed by atoms with Gasteiger partial charge < -0.3 is 4.74 Å². The van der Waals surface area contributed by atoms with Crippen LogP contribution in [-0.4, -0.2) is 12.1 Å². The number of aromatic nitrogens is 1. The van der Waals surface area contributed by atoms with E-state index in [-0.39, 0.29) is 5.43 Å². The van der Waals surface area contributed by atoms with Crippen molar-refractivity contribution in [3.05, 3.63) is 45.6 Å². The van der Waals surface area contributed by atoms with Crippen molar-refractivity contribution in [3.8, 4) is 16.3 Å². The Morgan fingerprint density at radius 1 is 1.28 bits per heavy atom. The van der Waals surface area contributed by atoms with Gasteiger partial charge in [0.2, 0.25) is 0 Å². The number of methoxy groups -OCH3 is 1. The fourth-order valence-corrected chi connectivity index (χ4v) is 2.97. The van der Waals surface area contributed by atoms with Crippen LogP contribution in [0.15, 0.2) is 35.1 Å². The average molecular weight is 278 g/mol. The van der Waals surface area contributed by atoms with Crippen LogP contribution >= 0.6 is 22.9 Å². The molecule has 0 saturated carbocycles. The summed E-state index contributed by atoms with van der Waals surface area (Å²) in [5, 5.41) is 0.640. The standard InChI is InChI=1S/C13H8ClNO2S/c1-17-10-5-8(16)6-12-13(10)15-9-4-7(14)2-3-11(9)18-12/h2-6H,1H3. The van der Waals surface area contributed by atoms with Crippen molar-refractivity contribution < 1.29 is 4.74 Å². The molecule has 0 saturated heterocycles. The van der Waals surface area contributed by atoms with Crippen LogP contribution in [0.5, 0.6) is 5.75 Å². The van der Waals surface area contributed by atoms with Gasteiger partial charge in [0.05, 0.1) is 22.2 Å². The molecule has 1 aliphatic heterocycles. The second kappa shape index (κ2) is 4.23. The predicted octanol–water partition coefficient (Wildman–Crippen LogP) is 3.42. The van der Waals surface area contributed by atoms with Crippen LogP contribution in [0, 0.1) is 0 Å². The van der Waals surface area contributed by atoms with E-state index in [9.17, 15) is 4.79 Å². The van der Waals surface area contributed by atoms with Crippen LogP contribution in [0.25, 0.3) is 20.8 Å². The van der Waals surface area contributed by atoms with Gasteiger partial charge in [-0.2, -0.15) is 0 Å². The zero-order chi connectivity index (χ0) is 12.7. The molecule has 0 unspecified atom stereocenters. The molecule has 0 aromatic heterocycles. The first-order valence-electron chi connectivity index (χ1n) is 5.25. The highest BCUT2D eigenvalue weighted by atomic mass is 35.5. The Kier molecular flexibility index (Phi) is 2.69. The second-order valence-corrected chi connectivity index (χ2v) is 5.32. The Labute approximate surface area is 112 Å². The van der Waals surface area contributed by atoms with E-state index in [1.807, 2.05) is 12.1 Å². The number of hydrogen-bond acceptors (Lipinski definition) is 4. The lowest BCUT2D eigenvalue weighted by Crippen LogP contribution is -2.02. The first-order chi connectivity index (χ1) is 8.67. The van der Waals surface area contributed by atoms with Gasteiger partial charge in [0.25, 0.3) is 0 Å². The van der Waals surface area contributed by atoms with Crippen LogP contribution in [0.4, 0.5) is 0 Å². The molecular formula is C13H8ClNO2S. The second-order valence-electron chi connectivity index (χ2n) is 3.80. The van der Waals surface area contributed by atoms with Crippen molar-refractivity contribution in [3.63, 3.8) is 0 Å². The molecule has 0 spiro atoms. The highest BCUT2D eigenvalue weighted by Gasteiger charge is 2.14. The molecule has 0 amide bonds. The van der Waals surface area contributed by atoms with Gasteiger partial charge in [0, 0.05) is 17.2 Å². The Morgan fingerprint density at radius 3 is 2.89 bits per heavy atom. The Hall–Kier alpha value is -1.65. The summed E-state index contributed by atoms with van der Waals surface area (Å²) in [5.41, 5.74) is 1.42. The lowest BCUT2D eigenvalue weighted by molar-refractivity contribution is 0.415. The third-order valence-corrected chi connectivity index (χ3v) is 3.94. The van der Waals surface area contributed by atoms with Gasteiger partial charge >= 0.3 is 0 Å². The van der Waals surface area contributed by atoms with E-state index in [4.69, 9.17) is 16.3 Å². The van der Waals surface area contributed by atoms with E-state index in [1.165, 1.54) is 24.5 Å². The Bertz CT molecular complexity index is 769. The average Bonchev–Trinajstić information content (AvgIpc) is 2.35. The molecule has 5 heteroatoms. The first kappa shape index (κ1) is 11.4. The summed E-state index contributed by atoms with van der Waals surface area (Å²) >= 11 is 7.45. The molecule has 0 atom stereocenters. The van der Waals surface area contributed by atoms with E-state index < -0.39 is 0 Å². The first-order valence-corrected chi connectivity index (χ1v) is 6.45. The van der Waals surface area contributed by atoms with Crippen LogP contribution < -0.4 is 10.2 Å². The summed E-state index contributed by atoms with van der Waals surface area (Å²) in [6.07, 6.45) is 0. The normalized spacial score (nSPS) is 11.0. The van der Waals surface area contributed by atoms with E-state index >= 15 is 0 Å². The molecule has 1 aromatic rings. The smallest absolute Gasteiger partial charge is 0.183 e.